The highest BCUT2D eigenvalue weighted by Gasteiger charge is 2.18. The summed E-state index contributed by atoms with van der Waals surface area (Å²) in [5.74, 6) is 1.73. The zero-order chi connectivity index (χ0) is 19.8. The van der Waals surface area contributed by atoms with Gasteiger partial charge in [0.05, 0.1) is 23.6 Å². The van der Waals surface area contributed by atoms with E-state index in [1.54, 1.807) is 0 Å². The van der Waals surface area contributed by atoms with Crippen molar-refractivity contribution < 1.29 is 0 Å². The molecule has 4 aromatic rings. The molecule has 0 spiro atoms. The number of nitrogens with zero attached hydrogens (tertiary/aromatic N) is 7. The number of rotatable bonds is 4. The van der Waals surface area contributed by atoms with E-state index in [0.717, 1.165) is 66.3 Å². The highest BCUT2D eigenvalue weighted by Crippen LogP contribution is 2.24. The Kier molecular flexibility index (Phi) is 4.48. The van der Waals surface area contributed by atoms with Crippen LogP contribution < -0.4 is 10.6 Å². The van der Waals surface area contributed by atoms with Crippen LogP contribution in [0.15, 0.2) is 49.1 Å². The Balaban J connectivity index is 1.53. The van der Waals surface area contributed by atoms with Crippen LogP contribution >= 0.6 is 0 Å². The van der Waals surface area contributed by atoms with Crippen molar-refractivity contribution >= 4 is 16.7 Å². The first-order valence-electron chi connectivity index (χ1n) is 10.1. The molecule has 0 radical (unpaired) electrons. The van der Waals surface area contributed by atoms with Crippen LogP contribution in [-0.4, -0.2) is 48.7 Å². The zero-order valence-electron chi connectivity index (χ0n) is 16.4. The molecule has 1 fully saturated rings. The van der Waals surface area contributed by atoms with Crippen molar-refractivity contribution in [1.82, 2.24) is 29.5 Å². The van der Waals surface area contributed by atoms with Gasteiger partial charge in [-0.25, -0.2) is 9.67 Å². The predicted molar refractivity (Wildman–Crippen MR) is 113 cm³/mol. The minimum atomic E-state index is 0.206. The van der Waals surface area contributed by atoms with Crippen LogP contribution in [0.5, 0.6) is 0 Å². The lowest BCUT2D eigenvalue weighted by atomic mass is 10.1. The second-order valence-corrected chi connectivity index (χ2v) is 7.47. The molecule has 1 aliphatic heterocycles. The van der Waals surface area contributed by atoms with Crippen molar-refractivity contribution in [2.24, 2.45) is 5.73 Å². The van der Waals surface area contributed by atoms with E-state index < -0.39 is 0 Å². The van der Waals surface area contributed by atoms with Crippen molar-refractivity contribution in [3.8, 4) is 17.1 Å². The number of nitrogens with two attached hydrogens (primary N) is 1. The van der Waals surface area contributed by atoms with Crippen LogP contribution in [0.1, 0.15) is 19.8 Å². The molecule has 1 aliphatic rings. The normalized spacial score (nSPS) is 17.2. The van der Waals surface area contributed by atoms with Gasteiger partial charge in [-0.3, -0.25) is 9.67 Å². The maximum absolute atomic E-state index is 6.15. The Hall–Kier alpha value is -3.26. The Bertz CT molecular complexity index is 1140. The second-order valence-electron chi connectivity index (χ2n) is 7.47. The van der Waals surface area contributed by atoms with Crippen LogP contribution in [0.4, 0.5) is 5.82 Å². The third-order valence-corrected chi connectivity index (χ3v) is 5.42. The van der Waals surface area contributed by atoms with Crippen molar-refractivity contribution in [3.05, 3.63) is 49.1 Å². The smallest absolute Gasteiger partial charge is 0.156 e. The number of hydrogen-bond donors (Lipinski definition) is 1. The molecule has 4 aromatic heterocycles. The van der Waals surface area contributed by atoms with Crippen molar-refractivity contribution in [2.75, 3.05) is 18.0 Å². The van der Waals surface area contributed by atoms with Crippen LogP contribution in [0.25, 0.3) is 28.0 Å². The largest absolute Gasteiger partial charge is 0.355 e. The summed E-state index contributed by atoms with van der Waals surface area (Å²) in [5.41, 5.74) is 8.99. The summed E-state index contributed by atoms with van der Waals surface area (Å²) in [6.45, 7) is 4.72. The minimum absolute atomic E-state index is 0.206. The van der Waals surface area contributed by atoms with Gasteiger partial charge >= 0.3 is 0 Å². The average Bonchev–Trinajstić information content (AvgIpc) is 3.40. The maximum atomic E-state index is 6.15. The van der Waals surface area contributed by atoms with E-state index in [1.807, 2.05) is 58.4 Å². The van der Waals surface area contributed by atoms with E-state index in [9.17, 15) is 0 Å². The van der Waals surface area contributed by atoms with Gasteiger partial charge in [-0.05, 0) is 38.0 Å². The first kappa shape index (κ1) is 17.8. The summed E-state index contributed by atoms with van der Waals surface area (Å²) in [6, 6.07) is 8.30. The number of fused-ring (bicyclic) bond motifs is 1. The summed E-state index contributed by atoms with van der Waals surface area (Å²) in [5, 5.41) is 9.90. The lowest BCUT2D eigenvalue weighted by molar-refractivity contribution is 0.503. The number of piperidine rings is 1. The summed E-state index contributed by atoms with van der Waals surface area (Å²) in [6.07, 6.45) is 9.70. The van der Waals surface area contributed by atoms with Crippen LogP contribution in [0.3, 0.4) is 0 Å². The lowest BCUT2D eigenvalue weighted by Crippen LogP contribution is -2.43. The number of aryl methyl sites for hydroxylation is 1. The number of hydrogen-bond acceptors (Lipinski definition) is 6. The standard InChI is InChI=1S/C21H24N8/c1-2-28-13-16(12-24-28)18-9-19-15(10-23-18)11-25-29(19)21-7-3-6-20(26-21)27-8-4-5-17(22)14-27/h3,6-7,9-13,17H,2,4-5,8,14,22H2,1H3/t17-/m1/s1. The summed E-state index contributed by atoms with van der Waals surface area (Å²) in [7, 11) is 0. The summed E-state index contributed by atoms with van der Waals surface area (Å²) < 4.78 is 3.77. The second kappa shape index (κ2) is 7.29. The van der Waals surface area contributed by atoms with Gasteiger partial charge in [0.2, 0.25) is 0 Å². The van der Waals surface area contributed by atoms with Gasteiger partial charge in [-0.1, -0.05) is 6.07 Å². The number of anilines is 1. The third-order valence-electron chi connectivity index (χ3n) is 5.42. The lowest BCUT2D eigenvalue weighted by Gasteiger charge is -2.31. The van der Waals surface area contributed by atoms with E-state index >= 15 is 0 Å². The van der Waals surface area contributed by atoms with E-state index in [0.29, 0.717) is 0 Å². The topological polar surface area (TPSA) is 90.7 Å². The Morgan fingerprint density at radius 1 is 1.14 bits per heavy atom. The molecule has 8 nitrogen and oxygen atoms in total. The minimum Gasteiger partial charge on any atom is -0.355 e. The molecule has 148 valence electrons. The van der Waals surface area contributed by atoms with Gasteiger partial charge in [-0.2, -0.15) is 10.2 Å². The van der Waals surface area contributed by atoms with Gasteiger partial charge in [-0.15, -0.1) is 0 Å². The molecule has 29 heavy (non-hydrogen) atoms. The molecule has 0 bridgehead atoms. The molecule has 0 amide bonds. The zero-order valence-corrected chi connectivity index (χ0v) is 16.4. The van der Waals surface area contributed by atoms with Gasteiger partial charge < -0.3 is 10.6 Å². The Labute approximate surface area is 169 Å². The molecule has 5 heterocycles. The van der Waals surface area contributed by atoms with Crippen molar-refractivity contribution in [3.63, 3.8) is 0 Å². The van der Waals surface area contributed by atoms with Gasteiger partial charge in [0, 0.05) is 49.0 Å². The fraction of sp³-hybridized carbons (Fsp3) is 0.333. The molecule has 0 aliphatic carbocycles. The van der Waals surface area contributed by atoms with E-state index in [4.69, 9.17) is 10.7 Å². The predicted octanol–water partition coefficient (Wildman–Crippen LogP) is 2.63. The summed E-state index contributed by atoms with van der Waals surface area (Å²) in [4.78, 5) is 11.7. The highest BCUT2D eigenvalue weighted by molar-refractivity contribution is 5.83. The van der Waals surface area contributed by atoms with Crippen molar-refractivity contribution in [1.29, 1.82) is 0 Å². The Morgan fingerprint density at radius 2 is 2.03 bits per heavy atom. The molecule has 5 rings (SSSR count). The molecule has 0 aromatic carbocycles. The van der Waals surface area contributed by atoms with E-state index in [-0.39, 0.29) is 6.04 Å². The monoisotopic (exact) mass is 388 g/mol. The fourth-order valence-electron chi connectivity index (χ4n) is 3.85. The molecule has 0 unspecified atom stereocenters. The molecule has 1 atom stereocenters. The van der Waals surface area contributed by atoms with Crippen LogP contribution in [0, 0.1) is 0 Å². The first-order valence-corrected chi connectivity index (χ1v) is 10.1. The van der Waals surface area contributed by atoms with E-state index in [1.165, 1.54) is 0 Å². The SMILES string of the molecule is CCn1cc(-c2cc3c(cn2)cnn3-c2cccc(N3CCC[C@@H](N)C3)n2)cn1. The quantitative estimate of drug-likeness (QED) is 0.578. The van der Waals surface area contributed by atoms with Crippen LogP contribution in [0.2, 0.25) is 0 Å². The molecule has 1 saturated heterocycles. The van der Waals surface area contributed by atoms with E-state index in [2.05, 4.69) is 27.0 Å². The number of pyridine rings is 2. The third kappa shape index (κ3) is 3.36. The van der Waals surface area contributed by atoms with Gasteiger partial charge in [0.1, 0.15) is 5.82 Å². The highest BCUT2D eigenvalue weighted by atomic mass is 15.3. The maximum Gasteiger partial charge on any atom is 0.156 e. The molecule has 2 N–H and O–H groups in total. The van der Waals surface area contributed by atoms with Gasteiger partial charge in [0.25, 0.3) is 0 Å². The molecule has 0 saturated carbocycles. The fourth-order valence-corrected chi connectivity index (χ4v) is 3.85. The average molecular weight is 388 g/mol. The number of aromatic nitrogens is 6. The summed E-state index contributed by atoms with van der Waals surface area (Å²) >= 11 is 0. The Morgan fingerprint density at radius 3 is 2.86 bits per heavy atom. The molecular weight excluding hydrogens is 364 g/mol. The van der Waals surface area contributed by atoms with Gasteiger partial charge in [0.15, 0.2) is 5.82 Å². The van der Waals surface area contributed by atoms with Crippen LogP contribution in [-0.2, 0) is 6.54 Å². The molecular formula is C21H24N8. The van der Waals surface area contributed by atoms with Crippen molar-refractivity contribution in [2.45, 2.75) is 32.4 Å². The first-order chi connectivity index (χ1) is 14.2. The molecule has 8 heteroatoms.